The Hall–Kier alpha value is -2.82. The van der Waals surface area contributed by atoms with Crippen LogP contribution in [0.1, 0.15) is 12.5 Å². The van der Waals surface area contributed by atoms with Crippen LogP contribution in [0, 0.1) is 0 Å². The molecule has 1 aromatic carbocycles. The minimum Gasteiger partial charge on any atom is -0.384 e. The number of fused-ring (bicyclic) bond motifs is 3. The van der Waals surface area contributed by atoms with Crippen molar-refractivity contribution in [2.75, 3.05) is 17.2 Å². The molecule has 4 rings (SSSR count). The van der Waals surface area contributed by atoms with E-state index in [-0.39, 0.29) is 0 Å². The zero-order chi connectivity index (χ0) is 15.1. The number of hydrogen-bond donors (Lipinski definition) is 2. The highest BCUT2D eigenvalue weighted by molar-refractivity contribution is 5.85. The van der Waals surface area contributed by atoms with Crippen LogP contribution in [0.3, 0.4) is 0 Å². The van der Waals surface area contributed by atoms with E-state index < -0.39 is 0 Å². The van der Waals surface area contributed by atoms with Gasteiger partial charge in [0.05, 0.1) is 11.9 Å². The molecule has 0 unspecified atom stereocenters. The standard InChI is InChI=1S/C17H17N5/c1-2-22-10-13-9-20-21-17(13)14-5-3-11(7-15(14)22)12-4-6-16(18)19-8-12/h3-9H,2,10H2,1H3,(H2,18,19)(H,20,21). The van der Waals surface area contributed by atoms with E-state index in [2.05, 4.69) is 45.2 Å². The smallest absolute Gasteiger partial charge is 0.123 e. The summed E-state index contributed by atoms with van der Waals surface area (Å²) in [6, 6.07) is 10.3. The van der Waals surface area contributed by atoms with Crippen LogP contribution in [0.4, 0.5) is 11.5 Å². The summed E-state index contributed by atoms with van der Waals surface area (Å²) in [5.41, 5.74) is 12.7. The minimum absolute atomic E-state index is 0.541. The fraction of sp³-hybridized carbons (Fsp3) is 0.176. The monoisotopic (exact) mass is 291 g/mol. The van der Waals surface area contributed by atoms with Gasteiger partial charge in [0.15, 0.2) is 0 Å². The summed E-state index contributed by atoms with van der Waals surface area (Å²) < 4.78 is 0. The summed E-state index contributed by atoms with van der Waals surface area (Å²) in [6.45, 7) is 4.02. The van der Waals surface area contributed by atoms with Gasteiger partial charge in [0.2, 0.25) is 0 Å². The van der Waals surface area contributed by atoms with Gasteiger partial charge in [-0.2, -0.15) is 5.10 Å². The second kappa shape index (κ2) is 4.87. The van der Waals surface area contributed by atoms with E-state index in [4.69, 9.17) is 5.73 Å². The number of anilines is 2. The van der Waals surface area contributed by atoms with Crippen molar-refractivity contribution in [3.63, 3.8) is 0 Å². The number of nitrogens with zero attached hydrogens (tertiary/aromatic N) is 3. The molecule has 0 radical (unpaired) electrons. The lowest BCUT2D eigenvalue weighted by atomic mass is 9.96. The Balaban J connectivity index is 1.85. The Bertz CT molecular complexity index is 819. The Morgan fingerprint density at radius 2 is 2.05 bits per heavy atom. The van der Waals surface area contributed by atoms with E-state index in [1.54, 1.807) is 0 Å². The number of H-pyrrole nitrogens is 1. The number of aromatic nitrogens is 3. The molecule has 110 valence electrons. The second-order valence-electron chi connectivity index (χ2n) is 5.49. The lowest BCUT2D eigenvalue weighted by Crippen LogP contribution is -2.25. The van der Waals surface area contributed by atoms with E-state index in [1.165, 1.54) is 16.8 Å². The maximum Gasteiger partial charge on any atom is 0.123 e. The normalized spacial score (nSPS) is 12.9. The summed E-state index contributed by atoms with van der Waals surface area (Å²) in [4.78, 5) is 6.54. The molecule has 1 aliphatic heterocycles. The predicted molar refractivity (Wildman–Crippen MR) is 88.4 cm³/mol. The van der Waals surface area contributed by atoms with Crippen molar-refractivity contribution in [2.45, 2.75) is 13.5 Å². The van der Waals surface area contributed by atoms with Gasteiger partial charge < -0.3 is 10.6 Å². The molecule has 0 saturated carbocycles. The molecule has 2 aromatic heterocycles. The fourth-order valence-electron chi connectivity index (χ4n) is 3.00. The van der Waals surface area contributed by atoms with Gasteiger partial charge in [-0.05, 0) is 30.7 Å². The first-order valence-electron chi connectivity index (χ1n) is 7.40. The van der Waals surface area contributed by atoms with Crippen LogP contribution < -0.4 is 10.6 Å². The fourth-order valence-corrected chi connectivity index (χ4v) is 3.00. The first kappa shape index (κ1) is 12.9. The highest BCUT2D eigenvalue weighted by Crippen LogP contribution is 2.39. The molecule has 0 amide bonds. The molecule has 3 heterocycles. The number of pyridine rings is 1. The van der Waals surface area contributed by atoms with Crippen LogP contribution in [0.25, 0.3) is 22.4 Å². The molecule has 22 heavy (non-hydrogen) atoms. The molecule has 0 bridgehead atoms. The number of rotatable bonds is 2. The third-order valence-corrected chi connectivity index (χ3v) is 4.19. The average Bonchev–Trinajstić information content (AvgIpc) is 3.02. The summed E-state index contributed by atoms with van der Waals surface area (Å²) >= 11 is 0. The third-order valence-electron chi connectivity index (χ3n) is 4.19. The summed E-state index contributed by atoms with van der Waals surface area (Å²) in [6.07, 6.45) is 3.73. The Morgan fingerprint density at radius 3 is 2.82 bits per heavy atom. The van der Waals surface area contributed by atoms with E-state index in [0.717, 1.165) is 29.9 Å². The Kier molecular flexibility index (Phi) is 2.85. The Morgan fingerprint density at radius 1 is 1.18 bits per heavy atom. The van der Waals surface area contributed by atoms with Crippen molar-refractivity contribution >= 4 is 11.5 Å². The summed E-state index contributed by atoms with van der Waals surface area (Å²) in [7, 11) is 0. The first-order valence-corrected chi connectivity index (χ1v) is 7.40. The lowest BCUT2D eigenvalue weighted by Gasteiger charge is -2.30. The number of benzene rings is 1. The van der Waals surface area contributed by atoms with Gasteiger partial charge in [0.1, 0.15) is 5.82 Å². The minimum atomic E-state index is 0.541. The van der Waals surface area contributed by atoms with E-state index in [1.807, 2.05) is 24.5 Å². The van der Waals surface area contributed by atoms with Gasteiger partial charge in [-0.1, -0.05) is 12.1 Å². The van der Waals surface area contributed by atoms with Gasteiger partial charge in [-0.15, -0.1) is 0 Å². The summed E-state index contributed by atoms with van der Waals surface area (Å²) in [5, 5.41) is 7.31. The van der Waals surface area contributed by atoms with E-state index in [0.29, 0.717) is 5.82 Å². The van der Waals surface area contributed by atoms with Gasteiger partial charge >= 0.3 is 0 Å². The molecular formula is C17H17N5. The molecular weight excluding hydrogens is 274 g/mol. The number of nitrogen functional groups attached to an aromatic ring is 1. The number of nitrogens with one attached hydrogen (secondary N) is 1. The second-order valence-corrected chi connectivity index (χ2v) is 5.49. The zero-order valence-corrected chi connectivity index (χ0v) is 12.4. The third kappa shape index (κ3) is 1.94. The lowest BCUT2D eigenvalue weighted by molar-refractivity contribution is 0.824. The maximum atomic E-state index is 5.67. The molecule has 0 aliphatic carbocycles. The van der Waals surface area contributed by atoms with Crippen molar-refractivity contribution in [3.8, 4) is 22.4 Å². The van der Waals surface area contributed by atoms with Gasteiger partial charge in [0, 0.05) is 41.7 Å². The van der Waals surface area contributed by atoms with Crippen molar-refractivity contribution in [1.82, 2.24) is 15.2 Å². The highest BCUT2D eigenvalue weighted by Gasteiger charge is 2.23. The molecule has 0 fully saturated rings. The topological polar surface area (TPSA) is 70.8 Å². The largest absolute Gasteiger partial charge is 0.384 e. The van der Waals surface area contributed by atoms with Crippen molar-refractivity contribution < 1.29 is 0 Å². The maximum absolute atomic E-state index is 5.67. The number of aromatic amines is 1. The molecule has 3 aromatic rings. The molecule has 5 heteroatoms. The van der Waals surface area contributed by atoms with Crippen LogP contribution in [0.15, 0.2) is 42.7 Å². The van der Waals surface area contributed by atoms with E-state index >= 15 is 0 Å². The quantitative estimate of drug-likeness (QED) is 0.761. The SMILES string of the molecule is CCN1Cc2cn[nH]c2-c2ccc(-c3ccc(N)nc3)cc21. The van der Waals surface area contributed by atoms with Crippen LogP contribution >= 0.6 is 0 Å². The van der Waals surface area contributed by atoms with Crippen LogP contribution in [0.2, 0.25) is 0 Å². The summed E-state index contributed by atoms with van der Waals surface area (Å²) in [5.74, 6) is 0.541. The Labute approximate surface area is 128 Å². The van der Waals surface area contributed by atoms with Gasteiger partial charge in [-0.3, -0.25) is 5.10 Å². The first-order chi connectivity index (χ1) is 10.8. The zero-order valence-electron chi connectivity index (χ0n) is 12.4. The van der Waals surface area contributed by atoms with Crippen LogP contribution in [-0.4, -0.2) is 21.7 Å². The number of nitrogens with two attached hydrogens (primary N) is 1. The van der Waals surface area contributed by atoms with Crippen LogP contribution in [-0.2, 0) is 6.54 Å². The molecule has 3 N–H and O–H groups in total. The molecule has 5 nitrogen and oxygen atoms in total. The van der Waals surface area contributed by atoms with Gasteiger partial charge in [0.25, 0.3) is 0 Å². The molecule has 0 spiro atoms. The van der Waals surface area contributed by atoms with E-state index in [9.17, 15) is 0 Å². The highest BCUT2D eigenvalue weighted by atomic mass is 15.2. The van der Waals surface area contributed by atoms with Crippen LogP contribution in [0.5, 0.6) is 0 Å². The van der Waals surface area contributed by atoms with Crippen molar-refractivity contribution in [2.24, 2.45) is 0 Å². The number of hydrogen-bond acceptors (Lipinski definition) is 4. The molecule has 0 saturated heterocycles. The van der Waals surface area contributed by atoms with Gasteiger partial charge in [-0.25, -0.2) is 4.98 Å². The predicted octanol–water partition coefficient (Wildman–Crippen LogP) is 3.06. The van der Waals surface area contributed by atoms with Crippen molar-refractivity contribution in [3.05, 3.63) is 48.3 Å². The molecule has 1 aliphatic rings. The molecule has 0 atom stereocenters. The van der Waals surface area contributed by atoms with Crippen molar-refractivity contribution in [1.29, 1.82) is 0 Å². The average molecular weight is 291 g/mol.